The third-order valence-corrected chi connectivity index (χ3v) is 4.35. The summed E-state index contributed by atoms with van der Waals surface area (Å²) >= 11 is 7.57. The monoisotopic (exact) mass is 276 g/mol. The molecule has 0 bridgehead atoms. The first-order valence-corrected chi connectivity index (χ1v) is 7.29. The summed E-state index contributed by atoms with van der Waals surface area (Å²) in [5, 5.41) is 1.62. The fourth-order valence-electron chi connectivity index (χ4n) is 2.07. The van der Waals surface area contributed by atoms with Crippen LogP contribution in [0.15, 0.2) is 29.3 Å². The summed E-state index contributed by atoms with van der Waals surface area (Å²) in [6, 6.07) is 7.66. The highest BCUT2D eigenvalue weighted by Gasteiger charge is 2.14. The maximum atomic E-state index is 5.84. The van der Waals surface area contributed by atoms with Gasteiger partial charge >= 0.3 is 0 Å². The molecule has 1 aliphatic carbocycles. The van der Waals surface area contributed by atoms with Gasteiger partial charge in [0, 0.05) is 16.1 Å². The molecule has 2 nitrogen and oxygen atoms in total. The van der Waals surface area contributed by atoms with E-state index in [0.29, 0.717) is 0 Å². The molecule has 0 N–H and O–H groups in total. The Kier molecular flexibility index (Phi) is 3.43. The van der Waals surface area contributed by atoms with Crippen molar-refractivity contribution in [3.63, 3.8) is 0 Å². The van der Waals surface area contributed by atoms with Crippen LogP contribution in [0.2, 0.25) is 5.02 Å². The van der Waals surface area contributed by atoms with E-state index in [1.54, 1.807) is 11.3 Å². The molecule has 2 aromatic rings. The van der Waals surface area contributed by atoms with E-state index in [9.17, 15) is 0 Å². The molecule has 0 spiro atoms. The molecular formula is C14H13ClN2S. The number of halogens is 1. The van der Waals surface area contributed by atoms with Gasteiger partial charge in [-0.05, 0) is 43.4 Å². The summed E-state index contributed by atoms with van der Waals surface area (Å²) in [5.41, 5.74) is 2.31. The van der Waals surface area contributed by atoms with E-state index in [2.05, 4.69) is 9.98 Å². The van der Waals surface area contributed by atoms with Crippen LogP contribution in [-0.4, -0.2) is 11.2 Å². The van der Waals surface area contributed by atoms with Crippen LogP contribution < -0.4 is 0 Å². The molecule has 4 heteroatoms. The molecule has 0 unspecified atom stereocenters. The Morgan fingerprint density at radius 1 is 1.17 bits per heavy atom. The number of fused-ring (bicyclic) bond motifs is 1. The summed E-state index contributed by atoms with van der Waals surface area (Å²) < 4.78 is 0. The number of aliphatic imine (C=N–C) groups is 1. The zero-order valence-corrected chi connectivity index (χ0v) is 11.5. The first-order chi connectivity index (χ1) is 8.81. The Labute approximate surface area is 115 Å². The van der Waals surface area contributed by atoms with Crippen molar-refractivity contribution in [3.8, 4) is 0 Å². The van der Waals surface area contributed by atoms with Gasteiger partial charge in [-0.3, -0.25) is 0 Å². The summed E-state index contributed by atoms with van der Waals surface area (Å²) in [7, 11) is 0. The van der Waals surface area contributed by atoms with Crippen molar-refractivity contribution in [3.05, 3.63) is 45.4 Å². The highest BCUT2D eigenvalue weighted by atomic mass is 35.5. The molecular weight excluding hydrogens is 264 g/mol. The minimum atomic E-state index is 0.747. The lowest BCUT2D eigenvalue weighted by Crippen LogP contribution is -1.98. The van der Waals surface area contributed by atoms with Gasteiger partial charge < -0.3 is 0 Å². The molecule has 0 amide bonds. The Hall–Kier alpha value is -1.19. The van der Waals surface area contributed by atoms with Crippen molar-refractivity contribution in [1.82, 2.24) is 4.98 Å². The van der Waals surface area contributed by atoms with Crippen LogP contribution in [0, 0.1) is 0 Å². The predicted octanol–water partition coefficient (Wildman–Crippen LogP) is 4.43. The average molecular weight is 277 g/mol. The number of thiazole rings is 1. The lowest BCUT2D eigenvalue weighted by Gasteiger charge is -2.06. The zero-order chi connectivity index (χ0) is 12.4. The fraction of sp³-hybridized carbons (Fsp3) is 0.286. The number of nitrogens with zero attached hydrogens (tertiary/aromatic N) is 2. The lowest BCUT2D eigenvalue weighted by molar-refractivity contribution is 0.682. The Bertz CT molecular complexity index is 548. The van der Waals surface area contributed by atoms with Gasteiger partial charge in [-0.15, -0.1) is 0 Å². The lowest BCUT2D eigenvalue weighted by atomic mass is 10.0. The van der Waals surface area contributed by atoms with E-state index in [-0.39, 0.29) is 0 Å². The van der Waals surface area contributed by atoms with Crippen molar-refractivity contribution < 1.29 is 0 Å². The molecule has 0 atom stereocenters. The maximum Gasteiger partial charge on any atom is 0.209 e. The SMILES string of the molecule is Clc1ccc(C=Nc2nc3c(s2)CCCC3)cc1. The first-order valence-electron chi connectivity index (χ1n) is 6.09. The van der Waals surface area contributed by atoms with Crippen molar-refractivity contribution in [2.24, 2.45) is 4.99 Å². The zero-order valence-electron chi connectivity index (χ0n) is 9.90. The molecule has 0 radical (unpaired) electrons. The van der Waals surface area contributed by atoms with Crippen LogP contribution in [0.4, 0.5) is 5.13 Å². The fourth-order valence-corrected chi connectivity index (χ4v) is 3.19. The molecule has 1 aromatic heterocycles. The molecule has 0 aliphatic heterocycles. The highest BCUT2D eigenvalue weighted by Crippen LogP contribution is 2.31. The summed E-state index contributed by atoms with van der Waals surface area (Å²) in [5.74, 6) is 0. The topological polar surface area (TPSA) is 25.2 Å². The molecule has 1 aliphatic rings. The number of aryl methyl sites for hydroxylation is 2. The van der Waals surface area contributed by atoms with E-state index in [1.165, 1.54) is 29.8 Å². The minimum Gasteiger partial charge on any atom is -0.227 e. The van der Waals surface area contributed by atoms with Gasteiger partial charge in [0.25, 0.3) is 0 Å². The number of benzene rings is 1. The van der Waals surface area contributed by atoms with Gasteiger partial charge in [-0.25, -0.2) is 9.98 Å². The van der Waals surface area contributed by atoms with E-state index < -0.39 is 0 Å². The number of rotatable bonds is 2. The van der Waals surface area contributed by atoms with Crippen molar-refractivity contribution in [2.45, 2.75) is 25.7 Å². The summed E-state index contributed by atoms with van der Waals surface area (Å²) in [6.07, 6.45) is 6.68. The van der Waals surface area contributed by atoms with Crippen LogP contribution in [0.5, 0.6) is 0 Å². The van der Waals surface area contributed by atoms with Crippen LogP contribution in [-0.2, 0) is 12.8 Å². The average Bonchev–Trinajstić information content (AvgIpc) is 2.81. The molecule has 0 fully saturated rings. The van der Waals surface area contributed by atoms with E-state index >= 15 is 0 Å². The third kappa shape index (κ3) is 2.62. The van der Waals surface area contributed by atoms with Crippen molar-refractivity contribution >= 4 is 34.3 Å². The quantitative estimate of drug-likeness (QED) is 0.745. The minimum absolute atomic E-state index is 0.747. The second kappa shape index (κ2) is 5.21. The van der Waals surface area contributed by atoms with Crippen LogP contribution in [0.1, 0.15) is 29.0 Å². The van der Waals surface area contributed by atoms with Crippen LogP contribution in [0.25, 0.3) is 0 Å². The molecule has 3 rings (SSSR count). The van der Waals surface area contributed by atoms with Crippen LogP contribution in [0.3, 0.4) is 0 Å². The first kappa shape index (κ1) is 11.9. The van der Waals surface area contributed by atoms with Crippen LogP contribution >= 0.6 is 22.9 Å². The Morgan fingerprint density at radius 2 is 1.94 bits per heavy atom. The smallest absolute Gasteiger partial charge is 0.209 e. The highest BCUT2D eigenvalue weighted by molar-refractivity contribution is 7.15. The second-order valence-electron chi connectivity index (χ2n) is 4.38. The number of aromatic nitrogens is 1. The van der Waals surface area contributed by atoms with Gasteiger partial charge in [-0.2, -0.15) is 0 Å². The Balaban J connectivity index is 1.79. The van der Waals surface area contributed by atoms with Gasteiger partial charge in [0.1, 0.15) is 0 Å². The number of hydrogen-bond acceptors (Lipinski definition) is 3. The van der Waals surface area contributed by atoms with Gasteiger partial charge in [0.15, 0.2) is 0 Å². The van der Waals surface area contributed by atoms with E-state index in [1.807, 2.05) is 30.5 Å². The summed E-state index contributed by atoms with van der Waals surface area (Å²) in [4.78, 5) is 10.4. The molecule has 1 heterocycles. The van der Waals surface area contributed by atoms with Gasteiger partial charge in [0.2, 0.25) is 5.13 Å². The van der Waals surface area contributed by atoms with Gasteiger partial charge in [0.05, 0.1) is 5.69 Å². The predicted molar refractivity (Wildman–Crippen MR) is 77.5 cm³/mol. The van der Waals surface area contributed by atoms with Gasteiger partial charge in [-0.1, -0.05) is 35.1 Å². The van der Waals surface area contributed by atoms with E-state index in [4.69, 9.17) is 11.6 Å². The second-order valence-corrected chi connectivity index (χ2v) is 5.88. The molecule has 18 heavy (non-hydrogen) atoms. The van der Waals surface area contributed by atoms with Crippen molar-refractivity contribution in [2.75, 3.05) is 0 Å². The standard InChI is InChI=1S/C14H13ClN2S/c15-11-7-5-10(6-8-11)9-16-14-17-12-3-1-2-4-13(12)18-14/h5-9H,1-4H2. The largest absolute Gasteiger partial charge is 0.227 e. The number of hydrogen-bond donors (Lipinski definition) is 0. The van der Waals surface area contributed by atoms with Crippen molar-refractivity contribution in [1.29, 1.82) is 0 Å². The summed E-state index contributed by atoms with van der Waals surface area (Å²) in [6.45, 7) is 0. The molecule has 0 saturated heterocycles. The van der Waals surface area contributed by atoms with E-state index in [0.717, 1.165) is 22.1 Å². The maximum absolute atomic E-state index is 5.84. The third-order valence-electron chi connectivity index (χ3n) is 3.03. The molecule has 0 saturated carbocycles. The molecule has 1 aromatic carbocycles. The normalized spacial score (nSPS) is 14.9. The Morgan fingerprint density at radius 3 is 2.72 bits per heavy atom. The molecule has 92 valence electrons.